The average molecular weight is 587 g/mol. The Hall–Kier alpha value is -5.02. The molecule has 2 aliphatic rings. The van der Waals surface area contributed by atoms with E-state index in [2.05, 4.69) is 39.3 Å². The molecule has 44 heavy (non-hydrogen) atoms. The Balaban J connectivity index is 1.25. The van der Waals surface area contributed by atoms with Crippen molar-refractivity contribution in [1.29, 1.82) is 0 Å². The van der Waals surface area contributed by atoms with Crippen LogP contribution < -0.4 is 20.5 Å². The molecule has 0 saturated carbocycles. The van der Waals surface area contributed by atoms with Gasteiger partial charge in [0.1, 0.15) is 11.4 Å². The minimum Gasteiger partial charge on any atom is -0.451 e. The van der Waals surface area contributed by atoms with Gasteiger partial charge in [0.05, 0.1) is 6.04 Å². The lowest BCUT2D eigenvalue weighted by Gasteiger charge is -2.34. The van der Waals surface area contributed by atoms with E-state index in [9.17, 15) is 9.59 Å². The van der Waals surface area contributed by atoms with Crippen molar-refractivity contribution < 1.29 is 9.53 Å². The number of aryl methyl sites for hydroxylation is 1. The number of ketones is 1. The zero-order chi connectivity index (χ0) is 30.2. The number of hydrogen-bond donors (Lipinski definition) is 1. The Morgan fingerprint density at radius 1 is 0.864 bits per heavy atom. The normalized spacial score (nSPS) is 17.0. The molecule has 222 valence electrons. The fourth-order valence-electron chi connectivity index (χ4n) is 6.11. The number of piperazine rings is 1. The summed E-state index contributed by atoms with van der Waals surface area (Å²) in [6.45, 7) is 6.02. The van der Waals surface area contributed by atoms with Crippen LogP contribution in [0.2, 0.25) is 0 Å². The summed E-state index contributed by atoms with van der Waals surface area (Å²) in [7, 11) is 2.15. The molecule has 1 aliphatic carbocycles. The molecular weight excluding hydrogens is 552 g/mol. The molecule has 7 rings (SSSR count). The maximum absolute atomic E-state index is 14.1. The number of rotatable bonds is 6. The van der Waals surface area contributed by atoms with Gasteiger partial charge in [-0.15, -0.1) is 0 Å². The van der Waals surface area contributed by atoms with Gasteiger partial charge in [-0.2, -0.15) is 4.98 Å². The predicted octanol–water partition coefficient (Wildman–Crippen LogP) is 5.76. The van der Waals surface area contributed by atoms with Crippen LogP contribution in [0.3, 0.4) is 0 Å². The molecule has 1 saturated heterocycles. The van der Waals surface area contributed by atoms with E-state index in [-0.39, 0.29) is 23.5 Å². The number of carbonyl (C=O) groups excluding carboxylic acids is 1. The lowest BCUT2D eigenvalue weighted by atomic mass is 9.87. The first-order valence-electron chi connectivity index (χ1n) is 15.0. The Bertz CT molecular complexity index is 1910. The van der Waals surface area contributed by atoms with Gasteiger partial charge in [-0.25, -0.2) is 4.98 Å². The van der Waals surface area contributed by atoms with Gasteiger partial charge in [0, 0.05) is 61.1 Å². The van der Waals surface area contributed by atoms with E-state index < -0.39 is 6.04 Å². The molecule has 1 unspecified atom stereocenters. The second kappa shape index (κ2) is 11.6. The molecule has 1 atom stereocenters. The van der Waals surface area contributed by atoms with Crippen molar-refractivity contribution in [3.63, 3.8) is 0 Å². The number of aromatic nitrogens is 3. The van der Waals surface area contributed by atoms with Crippen molar-refractivity contribution in [3.05, 3.63) is 112 Å². The third kappa shape index (κ3) is 5.42. The second-order valence-corrected chi connectivity index (χ2v) is 11.6. The molecule has 2 aromatic heterocycles. The Morgan fingerprint density at radius 3 is 2.41 bits per heavy atom. The van der Waals surface area contributed by atoms with Crippen molar-refractivity contribution in [2.45, 2.75) is 25.8 Å². The summed E-state index contributed by atoms with van der Waals surface area (Å²) in [5, 5.41) is 3.96. The van der Waals surface area contributed by atoms with Gasteiger partial charge in [-0.05, 0) is 67.9 Å². The maximum Gasteiger partial charge on any atom is 0.295 e. The lowest BCUT2D eigenvalue weighted by Crippen LogP contribution is -2.44. The average Bonchev–Trinajstić information content (AvgIpc) is 3.03. The van der Waals surface area contributed by atoms with E-state index in [4.69, 9.17) is 9.72 Å². The fraction of sp³-hybridized carbons (Fsp3) is 0.257. The fourth-order valence-corrected chi connectivity index (χ4v) is 6.11. The number of ether oxygens (including phenoxy) is 1. The molecule has 3 aromatic carbocycles. The topological polar surface area (TPSA) is 92.6 Å². The second-order valence-electron chi connectivity index (χ2n) is 11.6. The molecule has 5 aromatic rings. The van der Waals surface area contributed by atoms with Crippen LogP contribution in [0.4, 0.5) is 17.3 Å². The Morgan fingerprint density at radius 2 is 1.61 bits per heavy atom. The number of nitrogens with zero attached hydrogens (tertiary/aromatic N) is 5. The summed E-state index contributed by atoms with van der Waals surface area (Å²) in [5.74, 6) is 1.14. The number of pyridine rings is 1. The van der Waals surface area contributed by atoms with Gasteiger partial charge < -0.3 is 19.9 Å². The van der Waals surface area contributed by atoms with Crippen molar-refractivity contribution in [2.24, 2.45) is 0 Å². The van der Waals surface area contributed by atoms with Gasteiger partial charge >= 0.3 is 0 Å². The Labute approximate surface area is 255 Å². The lowest BCUT2D eigenvalue weighted by molar-refractivity contribution is 0.0951. The number of carbonyl (C=O) groups is 1. The molecular formula is C35H34N6O3. The minimum atomic E-state index is -0.418. The van der Waals surface area contributed by atoms with Crippen LogP contribution in [0.1, 0.15) is 33.9 Å². The van der Waals surface area contributed by atoms with Crippen LogP contribution in [0.15, 0.2) is 89.9 Å². The van der Waals surface area contributed by atoms with Crippen LogP contribution in [0.5, 0.6) is 11.5 Å². The van der Waals surface area contributed by atoms with Crippen LogP contribution >= 0.6 is 0 Å². The van der Waals surface area contributed by atoms with Gasteiger partial charge in [-0.3, -0.25) is 14.2 Å². The third-order valence-corrected chi connectivity index (χ3v) is 8.61. The highest BCUT2D eigenvalue weighted by Crippen LogP contribution is 2.32. The van der Waals surface area contributed by atoms with Gasteiger partial charge in [0.15, 0.2) is 11.5 Å². The van der Waals surface area contributed by atoms with Crippen molar-refractivity contribution in [1.82, 2.24) is 19.4 Å². The summed E-state index contributed by atoms with van der Waals surface area (Å²) in [5.41, 5.74) is 4.69. The zero-order valence-electron chi connectivity index (χ0n) is 24.9. The molecule has 1 fully saturated rings. The third-order valence-electron chi connectivity index (χ3n) is 8.61. The smallest absolute Gasteiger partial charge is 0.295 e. The van der Waals surface area contributed by atoms with Gasteiger partial charge in [-0.1, -0.05) is 42.5 Å². The van der Waals surface area contributed by atoms with E-state index in [0.29, 0.717) is 34.7 Å². The molecule has 9 nitrogen and oxygen atoms in total. The van der Waals surface area contributed by atoms with Crippen LogP contribution in [-0.2, 0) is 6.42 Å². The first-order chi connectivity index (χ1) is 21.4. The van der Waals surface area contributed by atoms with E-state index in [1.165, 1.54) is 5.69 Å². The monoisotopic (exact) mass is 586 g/mol. The summed E-state index contributed by atoms with van der Waals surface area (Å²) in [6, 6.07) is 24.7. The minimum absolute atomic E-state index is 0.00923. The molecule has 0 spiro atoms. The quantitative estimate of drug-likeness (QED) is 0.269. The number of Topliss-reactive ketones (excluding diaryl/α,β-unsaturated/α-hetero) is 1. The molecule has 3 heterocycles. The molecule has 1 N–H and O–H groups in total. The standard InChI is InChI=1S/C35H34N6O3/c1-23-7-3-6-10-31(23)44-32-20-25-22-36-35(37-26-11-13-27(14-12-26)40-17-15-39(2)16-18-40)38-33(25)41(34(32)43)28-19-24-8-4-5-9-29(24)30(42)21-28/h3-14,20,22,28H,15-19,21H2,1-2H3,(H,36,37,38). The number of nitrogens with one attached hydrogen (secondary N) is 1. The van der Waals surface area contributed by atoms with Gasteiger partial charge in [0.2, 0.25) is 5.95 Å². The van der Waals surface area contributed by atoms with Crippen LogP contribution in [-0.4, -0.2) is 58.4 Å². The van der Waals surface area contributed by atoms with Crippen molar-refractivity contribution >= 4 is 34.1 Å². The van der Waals surface area contributed by atoms with E-state index in [1.807, 2.05) is 67.6 Å². The number of hydrogen-bond acceptors (Lipinski definition) is 8. The molecule has 0 bridgehead atoms. The van der Waals surface area contributed by atoms with Gasteiger partial charge in [0.25, 0.3) is 5.56 Å². The number of likely N-dealkylation sites (N-methyl/N-ethyl adjacent to an activating group) is 1. The van der Waals surface area contributed by atoms with E-state index in [1.54, 1.807) is 16.8 Å². The number of para-hydroxylation sites is 1. The molecule has 9 heteroatoms. The van der Waals surface area contributed by atoms with Crippen molar-refractivity contribution in [3.8, 4) is 11.5 Å². The first kappa shape index (κ1) is 27.8. The highest BCUT2D eigenvalue weighted by molar-refractivity contribution is 5.99. The maximum atomic E-state index is 14.1. The SMILES string of the molecule is Cc1ccccc1Oc1cc2cnc(Nc3ccc(N4CCN(C)CC4)cc3)nc2n(C2CC(=O)c3ccccc3C2)c1=O. The molecule has 0 amide bonds. The highest BCUT2D eigenvalue weighted by Gasteiger charge is 2.29. The highest BCUT2D eigenvalue weighted by atomic mass is 16.5. The van der Waals surface area contributed by atoms with E-state index >= 15 is 0 Å². The predicted molar refractivity (Wildman–Crippen MR) is 173 cm³/mol. The van der Waals surface area contributed by atoms with Crippen LogP contribution in [0, 0.1) is 6.92 Å². The zero-order valence-corrected chi connectivity index (χ0v) is 24.9. The Kier molecular flexibility index (Phi) is 7.31. The number of anilines is 3. The molecule has 1 aliphatic heterocycles. The largest absolute Gasteiger partial charge is 0.451 e. The van der Waals surface area contributed by atoms with E-state index in [0.717, 1.165) is 43.0 Å². The number of benzene rings is 3. The van der Waals surface area contributed by atoms with Crippen LogP contribution in [0.25, 0.3) is 11.0 Å². The van der Waals surface area contributed by atoms with Crippen molar-refractivity contribution in [2.75, 3.05) is 43.4 Å². The summed E-state index contributed by atoms with van der Waals surface area (Å²) in [6.07, 6.45) is 2.42. The molecule has 0 radical (unpaired) electrons. The first-order valence-corrected chi connectivity index (χ1v) is 15.0. The summed E-state index contributed by atoms with van der Waals surface area (Å²) in [4.78, 5) is 41.5. The number of fused-ring (bicyclic) bond motifs is 2. The summed E-state index contributed by atoms with van der Waals surface area (Å²) >= 11 is 0. The summed E-state index contributed by atoms with van der Waals surface area (Å²) < 4.78 is 7.80.